The van der Waals surface area contributed by atoms with Crippen LogP contribution in [0.2, 0.25) is 0 Å². The molecule has 0 atom stereocenters. The third-order valence-corrected chi connectivity index (χ3v) is 3.15. The average Bonchev–Trinajstić information content (AvgIpc) is 2.37. The molecule has 0 aliphatic heterocycles. The smallest absolute Gasteiger partial charge is 0.335 e. The predicted octanol–water partition coefficient (Wildman–Crippen LogP) is 4.40. The zero-order valence-electron chi connectivity index (χ0n) is 12.0. The van der Waals surface area contributed by atoms with Crippen LogP contribution in [0.15, 0.2) is 24.3 Å². The fourth-order valence-corrected chi connectivity index (χ4v) is 2.03. The number of carboxylic acid groups (broad SMARTS) is 1. The van der Waals surface area contributed by atoms with Gasteiger partial charge in [-0.25, -0.2) is 4.79 Å². The second kappa shape index (κ2) is 8.57. The van der Waals surface area contributed by atoms with Crippen molar-refractivity contribution in [3.63, 3.8) is 0 Å². The van der Waals surface area contributed by atoms with Crippen LogP contribution in [-0.2, 0) is 0 Å². The Balaban J connectivity index is 2.15. The van der Waals surface area contributed by atoms with Crippen molar-refractivity contribution in [2.24, 2.45) is 5.92 Å². The fraction of sp³-hybridized carbons (Fsp3) is 0.562. The van der Waals surface area contributed by atoms with E-state index < -0.39 is 5.97 Å². The first-order valence-corrected chi connectivity index (χ1v) is 7.17. The number of benzene rings is 1. The number of nitrogens with one attached hydrogen (secondary N) is 1. The number of anilines is 1. The number of carbonyl (C=O) groups is 1. The van der Waals surface area contributed by atoms with E-state index in [2.05, 4.69) is 19.2 Å². The molecular formula is C16H25NO2. The number of rotatable bonds is 9. The number of hydrogen-bond acceptors (Lipinski definition) is 2. The summed E-state index contributed by atoms with van der Waals surface area (Å²) in [6, 6.07) is 6.97. The molecule has 0 heterocycles. The van der Waals surface area contributed by atoms with Crippen LogP contribution in [0.1, 0.15) is 56.3 Å². The molecule has 1 aromatic rings. The monoisotopic (exact) mass is 263 g/mol. The second-order valence-electron chi connectivity index (χ2n) is 5.41. The topological polar surface area (TPSA) is 49.3 Å². The Labute approximate surface area is 116 Å². The van der Waals surface area contributed by atoms with Crippen molar-refractivity contribution in [1.82, 2.24) is 0 Å². The number of carboxylic acids is 1. The van der Waals surface area contributed by atoms with Gasteiger partial charge >= 0.3 is 5.97 Å². The van der Waals surface area contributed by atoms with Gasteiger partial charge in [-0.3, -0.25) is 0 Å². The third-order valence-electron chi connectivity index (χ3n) is 3.15. The molecule has 3 heteroatoms. The summed E-state index contributed by atoms with van der Waals surface area (Å²) in [6.07, 6.45) is 6.28. The van der Waals surface area contributed by atoms with Crippen LogP contribution in [0, 0.1) is 5.92 Å². The van der Waals surface area contributed by atoms with E-state index in [1.54, 1.807) is 18.2 Å². The van der Waals surface area contributed by atoms with Crippen LogP contribution in [0.3, 0.4) is 0 Å². The molecule has 0 aromatic heterocycles. The molecule has 0 bridgehead atoms. The van der Waals surface area contributed by atoms with Crippen molar-refractivity contribution in [2.75, 3.05) is 11.9 Å². The van der Waals surface area contributed by atoms with Crippen molar-refractivity contribution in [3.8, 4) is 0 Å². The molecule has 19 heavy (non-hydrogen) atoms. The zero-order valence-corrected chi connectivity index (χ0v) is 12.0. The van der Waals surface area contributed by atoms with Gasteiger partial charge in [0.05, 0.1) is 5.56 Å². The first-order valence-electron chi connectivity index (χ1n) is 7.17. The van der Waals surface area contributed by atoms with Gasteiger partial charge in [-0.05, 0) is 30.5 Å². The lowest BCUT2D eigenvalue weighted by atomic mass is 10.0. The molecule has 0 saturated carbocycles. The van der Waals surface area contributed by atoms with Crippen molar-refractivity contribution >= 4 is 11.7 Å². The van der Waals surface area contributed by atoms with E-state index in [9.17, 15) is 4.79 Å². The molecule has 1 rings (SSSR count). The highest BCUT2D eigenvalue weighted by Crippen LogP contribution is 2.12. The molecule has 0 aliphatic rings. The number of hydrogen-bond donors (Lipinski definition) is 2. The van der Waals surface area contributed by atoms with Crippen molar-refractivity contribution in [3.05, 3.63) is 29.8 Å². The highest BCUT2D eigenvalue weighted by atomic mass is 16.4. The van der Waals surface area contributed by atoms with Gasteiger partial charge in [0.1, 0.15) is 0 Å². The number of aromatic carboxylic acids is 1. The molecule has 0 radical (unpaired) electrons. The van der Waals surface area contributed by atoms with E-state index in [0.29, 0.717) is 5.56 Å². The molecule has 1 aromatic carbocycles. The predicted molar refractivity (Wildman–Crippen MR) is 79.8 cm³/mol. The second-order valence-corrected chi connectivity index (χ2v) is 5.41. The summed E-state index contributed by atoms with van der Waals surface area (Å²) < 4.78 is 0. The van der Waals surface area contributed by atoms with Gasteiger partial charge in [0.25, 0.3) is 0 Å². The quantitative estimate of drug-likeness (QED) is 0.649. The summed E-state index contributed by atoms with van der Waals surface area (Å²) >= 11 is 0. The number of unbranched alkanes of at least 4 members (excludes halogenated alkanes) is 3. The lowest BCUT2D eigenvalue weighted by molar-refractivity contribution is 0.0697. The first kappa shape index (κ1) is 15.5. The van der Waals surface area contributed by atoms with Crippen molar-refractivity contribution in [1.29, 1.82) is 0 Å². The fourth-order valence-electron chi connectivity index (χ4n) is 2.03. The van der Waals surface area contributed by atoms with Crippen LogP contribution >= 0.6 is 0 Å². The maximum absolute atomic E-state index is 10.8. The van der Waals surface area contributed by atoms with Gasteiger partial charge in [-0.1, -0.05) is 45.6 Å². The average molecular weight is 263 g/mol. The maximum atomic E-state index is 10.8. The van der Waals surface area contributed by atoms with Crippen LogP contribution in [-0.4, -0.2) is 17.6 Å². The zero-order chi connectivity index (χ0) is 14.1. The largest absolute Gasteiger partial charge is 0.478 e. The summed E-state index contributed by atoms with van der Waals surface area (Å²) in [5.74, 6) is -0.0748. The SMILES string of the molecule is CC(C)CCCCCCNc1cccc(C(=O)O)c1. The summed E-state index contributed by atoms with van der Waals surface area (Å²) in [6.45, 7) is 5.43. The Morgan fingerprint density at radius 2 is 1.95 bits per heavy atom. The standard InChI is InChI=1S/C16H25NO2/c1-13(2)8-5-3-4-6-11-17-15-10-7-9-14(12-15)16(18)19/h7,9-10,12-13,17H,3-6,8,11H2,1-2H3,(H,18,19). The van der Waals surface area contributed by atoms with E-state index in [-0.39, 0.29) is 0 Å². The normalized spacial score (nSPS) is 10.7. The molecule has 0 fully saturated rings. The summed E-state index contributed by atoms with van der Waals surface area (Å²) in [4.78, 5) is 10.8. The molecule has 0 saturated heterocycles. The van der Waals surface area contributed by atoms with E-state index in [1.165, 1.54) is 25.7 Å². The van der Waals surface area contributed by atoms with Crippen molar-refractivity contribution < 1.29 is 9.90 Å². The van der Waals surface area contributed by atoms with Crippen LogP contribution in [0.25, 0.3) is 0 Å². The lowest BCUT2D eigenvalue weighted by Gasteiger charge is -2.07. The highest BCUT2D eigenvalue weighted by Gasteiger charge is 2.02. The van der Waals surface area contributed by atoms with Crippen molar-refractivity contribution in [2.45, 2.75) is 46.0 Å². The van der Waals surface area contributed by atoms with E-state index in [1.807, 2.05) is 6.07 Å². The van der Waals surface area contributed by atoms with E-state index in [0.717, 1.165) is 24.6 Å². The summed E-state index contributed by atoms with van der Waals surface area (Å²) in [5, 5.41) is 12.2. The molecule has 0 amide bonds. The molecule has 3 nitrogen and oxygen atoms in total. The van der Waals surface area contributed by atoms with Gasteiger partial charge < -0.3 is 10.4 Å². The third kappa shape index (κ3) is 6.85. The minimum absolute atomic E-state index is 0.335. The minimum atomic E-state index is -0.877. The molecular weight excluding hydrogens is 238 g/mol. The summed E-state index contributed by atoms with van der Waals surface area (Å²) in [5.41, 5.74) is 1.23. The molecule has 0 aliphatic carbocycles. The van der Waals surface area contributed by atoms with Crippen LogP contribution < -0.4 is 5.32 Å². The van der Waals surface area contributed by atoms with Gasteiger partial charge in [-0.15, -0.1) is 0 Å². The Hall–Kier alpha value is -1.51. The van der Waals surface area contributed by atoms with Gasteiger partial charge in [0.15, 0.2) is 0 Å². The van der Waals surface area contributed by atoms with E-state index >= 15 is 0 Å². The molecule has 2 N–H and O–H groups in total. The highest BCUT2D eigenvalue weighted by molar-refractivity contribution is 5.88. The van der Waals surface area contributed by atoms with Gasteiger partial charge in [-0.2, -0.15) is 0 Å². The van der Waals surface area contributed by atoms with E-state index in [4.69, 9.17) is 5.11 Å². The summed E-state index contributed by atoms with van der Waals surface area (Å²) in [7, 11) is 0. The Morgan fingerprint density at radius 1 is 1.21 bits per heavy atom. The molecule has 0 unspecified atom stereocenters. The minimum Gasteiger partial charge on any atom is -0.478 e. The van der Waals surface area contributed by atoms with Gasteiger partial charge in [0.2, 0.25) is 0 Å². The lowest BCUT2D eigenvalue weighted by Crippen LogP contribution is -2.03. The van der Waals surface area contributed by atoms with Crippen LogP contribution in [0.4, 0.5) is 5.69 Å². The Bertz CT molecular complexity index is 388. The maximum Gasteiger partial charge on any atom is 0.335 e. The van der Waals surface area contributed by atoms with Crippen LogP contribution in [0.5, 0.6) is 0 Å². The van der Waals surface area contributed by atoms with Gasteiger partial charge in [0, 0.05) is 12.2 Å². The first-order chi connectivity index (χ1) is 9.09. The molecule has 106 valence electrons. The Kier molecular flexibility index (Phi) is 7.01. The molecule has 0 spiro atoms. The Morgan fingerprint density at radius 3 is 2.63 bits per heavy atom.